The molecule has 1 aromatic carbocycles. The van der Waals surface area contributed by atoms with E-state index in [0.717, 1.165) is 0 Å². The van der Waals surface area contributed by atoms with Gasteiger partial charge in [-0.2, -0.15) is 0 Å². The van der Waals surface area contributed by atoms with Gasteiger partial charge in [-0.15, -0.1) is 0 Å². The van der Waals surface area contributed by atoms with Crippen molar-refractivity contribution in [2.24, 2.45) is 5.41 Å². The molecule has 0 radical (unpaired) electrons. The third-order valence-corrected chi connectivity index (χ3v) is 4.23. The first-order valence-electron chi connectivity index (χ1n) is 5.32. The van der Waals surface area contributed by atoms with Crippen LogP contribution in [-0.2, 0) is 5.41 Å². The van der Waals surface area contributed by atoms with E-state index < -0.39 is 0 Å². The standard InChI is InChI=1S/C13H16/c1-12(7-8-12)13(9-10-13)11-5-3-2-4-6-11/h2-6H,7-10H2,1H3. The number of hydrogen-bond donors (Lipinski definition) is 0. The van der Waals surface area contributed by atoms with Crippen molar-refractivity contribution in [3.63, 3.8) is 0 Å². The zero-order chi connectivity index (χ0) is 8.94. The van der Waals surface area contributed by atoms with E-state index in [4.69, 9.17) is 0 Å². The van der Waals surface area contributed by atoms with Crippen molar-refractivity contribution in [2.75, 3.05) is 0 Å². The Bertz CT molecular complexity index is 315. The second-order valence-electron chi connectivity index (χ2n) is 5.01. The highest BCUT2D eigenvalue weighted by Gasteiger charge is 2.62. The second kappa shape index (κ2) is 2.17. The fourth-order valence-corrected chi connectivity index (χ4v) is 2.79. The fraction of sp³-hybridized carbons (Fsp3) is 0.538. The summed E-state index contributed by atoms with van der Waals surface area (Å²) in [7, 11) is 0. The Morgan fingerprint density at radius 3 is 2.00 bits per heavy atom. The number of benzene rings is 1. The summed E-state index contributed by atoms with van der Waals surface area (Å²) < 4.78 is 0. The maximum Gasteiger partial charge on any atom is 0.000739 e. The van der Waals surface area contributed by atoms with Crippen LogP contribution in [0.15, 0.2) is 30.3 Å². The largest absolute Gasteiger partial charge is 0.0622 e. The molecule has 0 aliphatic heterocycles. The van der Waals surface area contributed by atoms with Crippen molar-refractivity contribution < 1.29 is 0 Å². The predicted octanol–water partition coefficient (Wildman–Crippen LogP) is 3.52. The summed E-state index contributed by atoms with van der Waals surface area (Å²) in [5, 5.41) is 0. The molecule has 2 aliphatic rings. The van der Waals surface area contributed by atoms with Gasteiger partial charge in [0.2, 0.25) is 0 Å². The van der Waals surface area contributed by atoms with Crippen molar-refractivity contribution in [2.45, 2.75) is 38.0 Å². The third-order valence-electron chi connectivity index (χ3n) is 4.23. The lowest BCUT2D eigenvalue weighted by Gasteiger charge is -2.23. The Balaban J connectivity index is 2.01. The molecule has 0 saturated heterocycles. The fourth-order valence-electron chi connectivity index (χ4n) is 2.79. The summed E-state index contributed by atoms with van der Waals surface area (Å²) in [5.41, 5.74) is 2.85. The molecule has 2 saturated carbocycles. The smallest absolute Gasteiger partial charge is 0.000739 e. The van der Waals surface area contributed by atoms with Gasteiger partial charge in [0.25, 0.3) is 0 Å². The molecule has 2 aliphatic carbocycles. The van der Waals surface area contributed by atoms with Crippen molar-refractivity contribution >= 4 is 0 Å². The van der Waals surface area contributed by atoms with Crippen molar-refractivity contribution in [3.8, 4) is 0 Å². The minimum atomic E-state index is 0.592. The molecule has 68 valence electrons. The van der Waals surface area contributed by atoms with E-state index in [0.29, 0.717) is 10.8 Å². The molecule has 0 unspecified atom stereocenters. The summed E-state index contributed by atoms with van der Waals surface area (Å²) in [4.78, 5) is 0. The molecule has 0 heterocycles. The van der Waals surface area contributed by atoms with Gasteiger partial charge < -0.3 is 0 Å². The van der Waals surface area contributed by atoms with E-state index in [-0.39, 0.29) is 0 Å². The first kappa shape index (κ1) is 7.61. The molecule has 0 heteroatoms. The topological polar surface area (TPSA) is 0 Å². The van der Waals surface area contributed by atoms with E-state index in [2.05, 4.69) is 37.3 Å². The van der Waals surface area contributed by atoms with Crippen LogP contribution in [0.4, 0.5) is 0 Å². The molecular formula is C13H16. The average molecular weight is 172 g/mol. The minimum Gasteiger partial charge on any atom is -0.0622 e. The van der Waals surface area contributed by atoms with Gasteiger partial charge in [-0.1, -0.05) is 37.3 Å². The number of rotatable bonds is 2. The zero-order valence-corrected chi connectivity index (χ0v) is 8.22. The quantitative estimate of drug-likeness (QED) is 0.640. The molecule has 2 fully saturated rings. The SMILES string of the molecule is CC1(C2(c3ccccc3)CC2)CC1. The molecule has 1 aromatic rings. The van der Waals surface area contributed by atoms with E-state index in [1.165, 1.54) is 25.7 Å². The summed E-state index contributed by atoms with van der Waals surface area (Å²) in [6.45, 7) is 2.47. The molecule has 0 aromatic heterocycles. The molecule has 0 spiro atoms. The van der Waals surface area contributed by atoms with Gasteiger partial charge in [0, 0.05) is 5.41 Å². The molecular weight excluding hydrogens is 156 g/mol. The van der Waals surface area contributed by atoms with Crippen LogP contribution in [0.3, 0.4) is 0 Å². The highest BCUT2D eigenvalue weighted by atomic mass is 14.7. The Hall–Kier alpha value is -0.780. The molecule has 0 bridgehead atoms. The van der Waals surface area contributed by atoms with Gasteiger partial charge in [0.15, 0.2) is 0 Å². The molecule has 3 rings (SSSR count). The lowest BCUT2D eigenvalue weighted by Crippen LogP contribution is -2.18. The Kier molecular flexibility index (Phi) is 1.27. The highest BCUT2D eigenvalue weighted by Crippen LogP contribution is 2.70. The van der Waals surface area contributed by atoms with Crippen LogP contribution in [-0.4, -0.2) is 0 Å². The van der Waals surface area contributed by atoms with Crippen LogP contribution in [0.25, 0.3) is 0 Å². The van der Waals surface area contributed by atoms with E-state index in [9.17, 15) is 0 Å². The molecule has 0 N–H and O–H groups in total. The molecule has 0 amide bonds. The molecule has 13 heavy (non-hydrogen) atoms. The third kappa shape index (κ3) is 0.919. The van der Waals surface area contributed by atoms with Gasteiger partial charge in [-0.3, -0.25) is 0 Å². The van der Waals surface area contributed by atoms with Crippen LogP contribution in [0, 0.1) is 5.41 Å². The first-order valence-corrected chi connectivity index (χ1v) is 5.32. The lowest BCUT2D eigenvalue weighted by atomic mass is 9.81. The summed E-state index contributed by atoms with van der Waals surface area (Å²) in [5.74, 6) is 0. The average Bonchev–Trinajstić information content (AvgIpc) is 3.01. The number of hydrogen-bond acceptors (Lipinski definition) is 0. The van der Waals surface area contributed by atoms with Crippen LogP contribution >= 0.6 is 0 Å². The van der Waals surface area contributed by atoms with Crippen molar-refractivity contribution in [1.82, 2.24) is 0 Å². The second-order valence-corrected chi connectivity index (χ2v) is 5.01. The minimum absolute atomic E-state index is 0.592. The van der Waals surface area contributed by atoms with Gasteiger partial charge in [0.1, 0.15) is 0 Å². The Morgan fingerprint density at radius 1 is 0.923 bits per heavy atom. The van der Waals surface area contributed by atoms with Gasteiger partial charge in [0.05, 0.1) is 0 Å². The maximum atomic E-state index is 2.47. The summed E-state index contributed by atoms with van der Waals surface area (Å²) in [6.07, 6.45) is 5.74. The van der Waals surface area contributed by atoms with E-state index in [1.54, 1.807) is 5.56 Å². The van der Waals surface area contributed by atoms with E-state index in [1.807, 2.05) is 0 Å². The predicted molar refractivity (Wildman–Crippen MR) is 54.7 cm³/mol. The lowest BCUT2D eigenvalue weighted by molar-refractivity contribution is 0.418. The van der Waals surface area contributed by atoms with Gasteiger partial charge in [-0.25, -0.2) is 0 Å². The first-order chi connectivity index (χ1) is 6.27. The Labute approximate surface area is 80.0 Å². The molecule has 0 nitrogen and oxygen atoms in total. The van der Waals surface area contributed by atoms with Gasteiger partial charge >= 0.3 is 0 Å². The summed E-state index contributed by atoms with van der Waals surface area (Å²) >= 11 is 0. The van der Waals surface area contributed by atoms with Crippen LogP contribution < -0.4 is 0 Å². The zero-order valence-electron chi connectivity index (χ0n) is 8.22. The van der Waals surface area contributed by atoms with Crippen molar-refractivity contribution in [3.05, 3.63) is 35.9 Å². The molecule has 0 atom stereocenters. The Morgan fingerprint density at radius 2 is 1.54 bits per heavy atom. The summed E-state index contributed by atoms with van der Waals surface area (Å²) in [6, 6.07) is 11.1. The van der Waals surface area contributed by atoms with Crippen LogP contribution in [0.1, 0.15) is 38.2 Å². The van der Waals surface area contributed by atoms with Crippen LogP contribution in [0.5, 0.6) is 0 Å². The maximum absolute atomic E-state index is 2.47. The van der Waals surface area contributed by atoms with Crippen LogP contribution in [0.2, 0.25) is 0 Å². The van der Waals surface area contributed by atoms with E-state index >= 15 is 0 Å². The highest BCUT2D eigenvalue weighted by molar-refractivity contribution is 5.36. The normalized spacial score (nSPS) is 26.8. The van der Waals surface area contributed by atoms with Gasteiger partial charge in [-0.05, 0) is 36.7 Å². The van der Waals surface area contributed by atoms with Crippen molar-refractivity contribution in [1.29, 1.82) is 0 Å². The monoisotopic (exact) mass is 172 g/mol.